The molecular weight excluding hydrogens is 258 g/mol. The lowest BCUT2D eigenvalue weighted by atomic mass is 10.1. The van der Waals surface area contributed by atoms with Crippen molar-refractivity contribution >= 4 is 5.91 Å². The van der Waals surface area contributed by atoms with Gasteiger partial charge in [0.1, 0.15) is 5.69 Å². The molecule has 1 fully saturated rings. The fraction of sp³-hybridized carbons (Fsp3) is 0.385. The fourth-order valence-corrected chi connectivity index (χ4v) is 2.21. The van der Waals surface area contributed by atoms with Crippen LogP contribution in [-0.4, -0.2) is 50.7 Å². The summed E-state index contributed by atoms with van der Waals surface area (Å²) in [6, 6.07) is 1.68. The molecule has 20 heavy (non-hydrogen) atoms. The molecule has 0 radical (unpaired) electrons. The van der Waals surface area contributed by atoms with Gasteiger partial charge in [0, 0.05) is 18.9 Å². The predicted octanol–water partition coefficient (Wildman–Crippen LogP) is 0.722. The molecule has 1 atom stereocenters. The number of carbonyl (C=O) groups excluding carboxylic acids is 1. The van der Waals surface area contributed by atoms with E-state index in [0.717, 1.165) is 11.4 Å². The summed E-state index contributed by atoms with van der Waals surface area (Å²) in [6.45, 7) is 3.34. The molecule has 0 spiro atoms. The summed E-state index contributed by atoms with van der Waals surface area (Å²) >= 11 is 0. The highest BCUT2D eigenvalue weighted by Gasteiger charge is 2.30. The third-order valence-corrected chi connectivity index (χ3v) is 3.27. The number of carbonyl (C=O) groups is 1. The summed E-state index contributed by atoms with van der Waals surface area (Å²) in [6.07, 6.45) is 4.77. The largest absolute Gasteiger partial charge is 0.377 e. The van der Waals surface area contributed by atoms with Gasteiger partial charge in [0.15, 0.2) is 0 Å². The molecule has 0 bridgehead atoms. The number of aromatic nitrogens is 4. The summed E-state index contributed by atoms with van der Waals surface area (Å²) in [4.78, 5) is 22.6. The molecule has 1 amide bonds. The Morgan fingerprint density at radius 2 is 2.35 bits per heavy atom. The van der Waals surface area contributed by atoms with Crippen LogP contribution in [0.1, 0.15) is 27.9 Å². The van der Waals surface area contributed by atoms with Crippen LogP contribution in [-0.2, 0) is 4.74 Å². The molecule has 1 aliphatic heterocycles. The van der Waals surface area contributed by atoms with Gasteiger partial charge in [0.2, 0.25) is 0 Å². The zero-order valence-electron chi connectivity index (χ0n) is 11.1. The molecule has 3 rings (SSSR count). The molecule has 7 nitrogen and oxygen atoms in total. The minimum atomic E-state index is -0.165. The summed E-state index contributed by atoms with van der Waals surface area (Å²) in [5, 5.41) is 6.82. The van der Waals surface area contributed by atoms with E-state index in [2.05, 4.69) is 20.2 Å². The molecule has 104 valence electrons. The van der Waals surface area contributed by atoms with Crippen molar-refractivity contribution in [2.24, 2.45) is 0 Å². The van der Waals surface area contributed by atoms with E-state index >= 15 is 0 Å². The van der Waals surface area contributed by atoms with Gasteiger partial charge in [-0.3, -0.25) is 14.9 Å². The van der Waals surface area contributed by atoms with Crippen LogP contribution in [0.5, 0.6) is 0 Å². The number of rotatable bonds is 2. The van der Waals surface area contributed by atoms with Gasteiger partial charge in [-0.15, -0.1) is 0 Å². The molecule has 2 aromatic heterocycles. The van der Waals surface area contributed by atoms with Gasteiger partial charge in [-0.05, 0) is 13.0 Å². The van der Waals surface area contributed by atoms with E-state index in [-0.39, 0.29) is 11.9 Å². The third-order valence-electron chi connectivity index (χ3n) is 3.27. The predicted molar refractivity (Wildman–Crippen MR) is 70.0 cm³/mol. The molecule has 1 N–H and O–H groups in total. The molecule has 1 saturated heterocycles. The fourth-order valence-electron chi connectivity index (χ4n) is 2.21. The van der Waals surface area contributed by atoms with Crippen LogP contribution in [0.3, 0.4) is 0 Å². The number of nitrogens with zero attached hydrogens (tertiary/aromatic N) is 4. The molecule has 2 aromatic rings. The molecule has 0 aliphatic carbocycles. The van der Waals surface area contributed by atoms with E-state index in [9.17, 15) is 4.79 Å². The second kappa shape index (κ2) is 5.38. The van der Waals surface area contributed by atoms with Crippen molar-refractivity contribution in [1.29, 1.82) is 0 Å². The Bertz CT molecular complexity index is 581. The minimum Gasteiger partial charge on any atom is -0.377 e. The van der Waals surface area contributed by atoms with Crippen LogP contribution in [0.15, 0.2) is 24.7 Å². The van der Waals surface area contributed by atoms with E-state index in [1.54, 1.807) is 17.3 Å². The Labute approximate surface area is 116 Å². The first-order valence-electron chi connectivity index (χ1n) is 6.42. The zero-order chi connectivity index (χ0) is 13.9. The van der Waals surface area contributed by atoms with E-state index in [4.69, 9.17) is 4.74 Å². The van der Waals surface area contributed by atoms with Crippen molar-refractivity contribution in [1.82, 2.24) is 25.1 Å². The maximum Gasteiger partial charge on any atom is 0.274 e. The summed E-state index contributed by atoms with van der Waals surface area (Å²) < 4.78 is 5.46. The monoisotopic (exact) mass is 273 g/mol. The van der Waals surface area contributed by atoms with Gasteiger partial charge in [0.25, 0.3) is 5.91 Å². The van der Waals surface area contributed by atoms with Crippen LogP contribution in [0.25, 0.3) is 0 Å². The maximum atomic E-state index is 12.6. The van der Waals surface area contributed by atoms with Gasteiger partial charge < -0.3 is 9.64 Å². The Hall–Kier alpha value is -2.28. The maximum absolute atomic E-state index is 12.6. The smallest absolute Gasteiger partial charge is 0.274 e. The number of hydrogen-bond donors (Lipinski definition) is 1. The first kappa shape index (κ1) is 12.7. The number of H-pyrrole nitrogens is 1. The molecule has 0 saturated carbocycles. The Morgan fingerprint density at radius 1 is 1.45 bits per heavy atom. The van der Waals surface area contributed by atoms with Crippen molar-refractivity contribution in [2.75, 3.05) is 19.8 Å². The zero-order valence-corrected chi connectivity index (χ0v) is 11.1. The van der Waals surface area contributed by atoms with Gasteiger partial charge in [0.05, 0.1) is 36.8 Å². The standard InChI is InChI=1S/C13H15N5O2/c1-9-6-15-11(7-14-9)13(19)18-4-5-20-8-12(18)10-2-3-16-17-10/h2-3,6-7,12H,4-5,8H2,1H3,(H,16,17). The second-order valence-electron chi connectivity index (χ2n) is 4.64. The molecule has 1 unspecified atom stereocenters. The molecule has 0 aromatic carbocycles. The van der Waals surface area contributed by atoms with Crippen LogP contribution in [0, 0.1) is 6.92 Å². The van der Waals surface area contributed by atoms with Gasteiger partial charge >= 0.3 is 0 Å². The van der Waals surface area contributed by atoms with E-state index in [1.165, 1.54) is 6.20 Å². The van der Waals surface area contributed by atoms with Crippen molar-refractivity contribution in [2.45, 2.75) is 13.0 Å². The summed E-state index contributed by atoms with van der Waals surface area (Å²) in [5.74, 6) is -0.139. The van der Waals surface area contributed by atoms with Crippen LogP contribution in [0.4, 0.5) is 0 Å². The average molecular weight is 273 g/mol. The van der Waals surface area contributed by atoms with Crippen molar-refractivity contribution in [3.8, 4) is 0 Å². The Balaban J connectivity index is 1.86. The third kappa shape index (κ3) is 2.39. The lowest BCUT2D eigenvalue weighted by molar-refractivity contribution is -0.00424. The van der Waals surface area contributed by atoms with Crippen molar-refractivity contribution < 1.29 is 9.53 Å². The summed E-state index contributed by atoms with van der Waals surface area (Å²) in [7, 11) is 0. The van der Waals surface area contributed by atoms with E-state index < -0.39 is 0 Å². The number of ether oxygens (including phenoxy) is 1. The van der Waals surface area contributed by atoms with Crippen molar-refractivity contribution in [3.05, 3.63) is 41.7 Å². The second-order valence-corrected chi connectivity index (χ2v) is 4.64. The Morgan fingerprint density at radius 3 is 3.05 bits per heavy atom. The number of amides is 1. The van der Waals surface area contributed by atoms with Crippen LogP contribution in [0.2, 0.25) is 0 Å². The minimum absolute atomic E-state index is 0.139. The van der Waals surface area contributed by atoms with Gasteiger partial charge in [-0.25, -0.2) is 4.98 Å². The quantitative estimate of drug-likeness (QED) is 0.871. The number of morpholine rings is 1. The lowest BCUT2D eigenvalue weighted by Crippen LogP contribution is -2.43. The SMILES string of the molecule is Cc1cnc(C(=O)N2CCOCC2c2ccn[nH]2)cn1. The molecular formula is C13H15N5O2. The van der Waals surface area contributed by atoms with E-state index in [1.807, 2.05) is 13.0 Å². The molecule has 7 heteroatoms. The van der Waals surface area contributed by atoms with E-state index in [0.29, 0.717) is 25.5 Å². The highest BCUT2D eigenvalue weighted by Crippen LogP contribution is 2.23. The number of nitrogens with one attached hydrogen (secondary N) is 1. The number of aromatic amines is 1. The lowest BCUT2D eigenvalue weighted by Gasteiger charge is -2.34. The highest BCUT2D eigenvalue weighted by atomic mass is 16.5. The average Bonchev–Trinajstić information content (AvgIpc) is 3.01. The normalized spacial score (nSPS) is 19.1. The molecule has 1 aliphatic rings. The molecule has 3 heterocycles. The van der Waals surface area contributed by atoms with Crippen LogP contribution < -0.4 is 0 Å². The van der Waals surface area contributed by atoms with Gasteiger partial charge in [-0.1, -0.05) is 0 Å². The van der Waals surface area contributed by atoms with Gasteiger partial charge in [-0.2, -0.15) is 5.10 Å². The topological polar surface area (TPSA) is 84.0 Å². The number of aryl methyl sites for hydroxylation is 1. The van der Waals surface area contributed by atoms with Crippen molar-refractivity contribution in [3.63, 3.8) is 0 Å². The highest BCUT2D eigenvalue weighted by molar-refractivity contribution is 5.92. The van der Waals surface area contributed by atoms with Crippen LogP contribution >= 0.6 is 0 Å². The Kier molecular flexibility index (Phi) is 3.42. The summed E-state index contributed by atoms with van der Waals surface area (Å²) in [5.41, 5.74) is 1.99. The first-order valence-corrected chi connectivity index (χ1v) is 6.42. The number of hydrogen-bond acceptors (Lipinski definition) is 5. The first-order chi connectivity index (χ1) is 9.75.